The Balaban J connectivity index is 0.00000115. The van der Waals surface area contributed by atoms with Crippen LogP contribution in [-0.2, 0) is 17.6 Å². The standard InChI is InChI=1S/C14H15N3.CH3.ClH.Os/c1-17(2)14-8-6-12(7-9-14)16-11-13-5-3-4-10-15-13;;;/h3-11H,1-2H3;1H3;1H;/q;-1;;+1/p-1. The van der Waals surface area contributed by atoms with Crippen molar-refractivity contribution in [2.24, 2.45) is 4.99 Å². The molecule has 3 nitrogen and oxygen atoms in total. The van der Waals surface area contributed by atoms with Crippen molar-refractivity contribution in [1.29, 1.82) is 0 Å². The van der Waals surface area contributed by atoms with Gasteiger partial charge in [0.05, 0.1) is 17.6 Å². The van der Waals surface area contributed by atoms with Crippen molar-refractivity contribution in [2.75, 3.05) is 19.0 Å². The molecular weight excluding hydrogens is 448 g/mol. The fraction of sp³-hybridized carbons (Fsp3) is 0.133. The number of hydrogen-bond acceptors (Lipinski definition) is 3. The number of pyridine rings is 1. The summed E-state index contributed by atoms with van der Waals surface area (Å²) >= 11 is 1.33. The van der Waals surface area contributed by atoms with Crippen molar-refractivity contribution in [3.63, 3.8) is 0 Å². The number of aliphatic imine (C=N–C) groups is 1. The first-order valence-electron chi connectivity index (χ1n) is 5.61. The Morgan fingerprint density at radius 2 is 1.75 bits per heavy atom. The van der Waals surface area contributed by atoms with Crippen LogP contribution in [0.15, 0.2) is 53.7 Å². The molecule has 0 aliphatic carbocycles. The third kappa shape index (κ3) is 6.28. The first kappa shape index (κ1) is 18.8. The Labute approximate surface area is 135 Å². The zero-order chi connectivity index (χ0) is 14.1. The molecule has 1 heterocycles. The fourth-order valence-electron chi connectivity index (χ4n) is 1.43. The first-order valence-corrected chi connectivity index (χ1v) is 8.76. The molecule has 0 fully saturated rings. The molecule has 2 aromatic rings. The molecule has 0 N–H and O–H groups in total. The van der Waals surface area contributed by atoms with Gasteiger partial charge in [0.25, 0.3) is 0 Å². The van der Waals surface area contributed by atoms with Gasteiger partial charge in [-0.3, -0.25) is 9.98 Å². The third-order valence-electron chi connectivity index (χ3n) is 2.40. The summed E-state index contributed by atoms with van der Waals surface area (Å²) in [6, 6.07) is 13.9. The van der Waals surface area contributed by atoms with Crippen LogP contribution in [-0.4, -0.2) is 25.3 Å². The van der Waals surface area contributed by atoms with E-state index in [0.717, 1.165) is 11.4 Å². The van der Waals surface area contributed by atoms with Crippen LogP contribution in [0, 0.1) is 7.43 Å². The summed E-state index contributed by atoms with van der Waals surface area (Å²) in [4.78, 5) is 10.6. The van der Waals surface area contributed by atoms with Gasteiger partial charge in [-0.15, -0.1) is 0 Å². The molecule has 0 saturated heterocycles. The van der Waals surface area contributed by atoms with Gasteiger partial charge in [-0.05, 0) is 36.4 Å². The van der Waals surface area contributed by atoms with Gasteiger partial charge in [-0.1, -0.05) is 6.07 Å². The molecule has 1 aromatic heterocycles. The van der Waals surface area contributed by atoms with E-state index in [4.69, 9.17) is 0 Å². The molecule has 20 heavy (non-hydrogen) atoms. The van der Waals surface area contributed by atoms with E-state index in [1.807, 2.05) is 56.6 Å². The number of halogens is 1. The van der Waals surface area contributed by atoms with Crippen LogP contribution in [0.5, 0.6) is 0 Å². The molecule has 0 spiro atoms. The molecule has 0 atom stereocenters. The molecule has 5 heteroatoms. The molecule has 0 aliphatic heterocycles. The first-order chi connectivity index (χ1) is 9.25. The summed E-state index contributed by atoms with van der Waals surface area (Å²) in [5.41, 5.74) is 2.97. The zero-order valence-electron chi connectivity index (χ0n) is 11.8. The van der Waals surface area contributed by atoms with Gasteiger partial charge in [0.15, 0.2) is 0 Å². The molecule has 0 aliphatic rings. The summed E-state index contributed by atoms with van der Waals surface area (Å²) in [7, 11) is 8.71. The fourth-order valence-corrected chi connectivity index (χ4v) is 1.43. The van der Waals surface area contributed by atoms with Crippen molar-refractivity contribution in [3.05, 3.63) is 61.8 Å². The summed E-state index contributed by atoms with van der Waals surface area (Å²) < 4.78 is 0. The van der Waals surface area contributed by atoms with Gasteiger partial charge in [0, 0.05) is 26.0 Å². The van der Waals surface area contributed by atoms with Crippen LogP contribution >= 0.6 is 9.64 Å². The van der Waals surface area contributed by atoms with Crippen LogP contribution in [0.2, 0.25) is 0 Å². The van der Waals surface area contributed by atoms with Crippen LogP contribution in [0.1, 0.15) is 5.69 Å². The minimum atomic E-state index is 0. The summed E-state index contributed by atoms with van der Waals surface area (Å²) in [5, 5.41) is 0. The average Bonchev–Trinajstić information content (AvgIpc) is 2.49. The SMILES string of the molecule is CN(C)c1ccc(N=Cc2ccccn2)cc1.[CH3-].[Cl][Os]. The second-order valence-corrected chi connectivity index (χ2v) is 3.92. The van der Waals surface area contributed by atoms with Gasteiger partial charge in [0.2, 0.25) is 0 Å². The van der Waals surface area contributed by atoms with Crippen molar-refractivity contribution in [3.8, 4) is 0 Å². The molecule has 0 bridgehead atoms. The molecular formula is C15H18ClN3Os-. The van der Waals surface area contributed by atoms with Crippen molar-refractivity contribution >= 4 is 27.2 Å². The number of hydrogen-bond donors (Lipinski definition) is 0. The van der Waals surface area contributed by atoms with Crippen molar-refractivity contribution in [1.82, 2.24) is 4.98 Å². The Bertz CT molecular complexity index is 498. The van der Waals surface area contributed by atoms with Crippen molar-refractivity contribution in [2.45, 2.75) is 0 Å². The quantitative estimate of drug-likeness (QED) is 0.505. The zero-order valence-corrected chi connectivity index (χ0v) is 15.1. The maximum atomic E-state index is 4.67. The predicted molar refractivity (Wildman–Crippen MR) is 84.5 cm³/mol. The molecule has 0 radical (unpaired) electrons. The average molecular weight is 466 g/mol. The topological polar surface area (TPSA) is 28.5 Å². The summed E-state index contributed by atoms with van der Waals surface area (Å²) in [6.45, 7) is 0. The minimum absolute atomic E-state index is 0. The van der Waals surface area contributed by atoms with Crippen LogP contribution in [0.4, 0.5) is 11.4 Å². The van der Waals surface area contributed by atoms with E-state index in [9.17, 15) is 0 Å². The second kappa shape index (κ2) is 10.5. The molecule has 0 saturated carbocycles. The number of benzene rings is 1. The van der Waals surface area contributed by atoms with Gasteiger partial charge in [-0.25, -0.2) is 0 Å². The maximum absolute atomic E-state index is 4.67. The molecule has 109 valence electrons. The summed E-state index contributed by atoms with van der Waals surface area (Å²) in [6.07, 6.45) is 3.53. The van der Waals surface area contributed by atoms with E-state index < -0.39 is 0 Å². The number of nitrogens with zero attached hydrogens (tertiary/aromatic N) is 3. The van der Waals surface area contributed by atoms with E-state index in [1.165, 1.54) is 23.3 Å². The van der Waals surface area contributed by atoms with Crippen LogP contribution in [0.3, 0.4) is 0 Å². The van der Waals surface area contributed by atoms with Crippen LogP contribution in [0.25, 0.3) is 0 Å². The summed E-state index contributed by atoms with van der Waals surface area (Å²) in [5.74, 6) is 0. The Kier molecular flexibility index (Phi) is 9.89. The second-order valence-electron chi connectivity index (χ2n) is 3.92. The van der Waals surface area contributed by atoms with Gasteiger partial charge < -0.3 is 12.3 Å². The van der Waals surface area contributed by atoms with Gasteiger partial charge >= 0.3 is 27.2 Å². The number of anilines is 1. The Morgan fingerprint density at radius 1 is 1.10 bits per heavy atom. The molecule has 0 unspecified atom stereocenters. The van der Waals surface area contributed by atoms with E-state index in [-0.39, 0.29) is 7.43 Å². The molecule has 0 amide bonds. The number of rotatable bonds is 3. The van der Waals surface area contributed by atoms with E-state index in [2.05, 4.69) is 24.5 Å². The van der Waals surface area contributed by atoms with Gasteiger partial charge in [-0.2, -0.15) is 0 Å². The van der Waals surface area contributed by atoms with E-state index >= 15 is 0 Å². The Morgan fingerprint density at radius 3 is 2.25 bits per heavy atom. The normalized spacial score (nSPS) is 9.40. The Hall–Kier alpha value is -1.23. The molecule has 2 rings (SSSR count). The number of aromatic nitrogens is 1. The van der Waals surface area contributed by atoms with E-state index in [1.54, 1.807) is 12.4 Å². The third-order valence-corrected chi connectivity index (χ3v) is 2.40. The van der Waals surface area contributed by atoms with Crippen LogP contribution < -0.4 is 4.90 Å². The van der Waals surface area contributed by atoms with E-state index in [0.29, 0.717) is 0 Å². The van der Waals surface area contributed by atoms with Gasteiger partial charge in [0.1, 0.15) is 0 Å². The monoisotopic (exact) mass is 467 g/mol. The van der Waals surface area contributed by atoms with Crippen molar-refractivity contribution < 1.29 is 17.6 Å². The molecule has 1 aromatic carbocycles. The predicted octanol–water partition coefficient (Wildman–Crippen LogP) is 4.04.